The highest BCUT2D eigenvalue weighted by Gasteiger charge is 2.31. The molecule has 0 spiro atoms. The van der Waals surface area contributed by atoms with E-state index in [-0.39, 0.29) is 18.6 Å². The predicted octanol–water partition coefficient (Wildman–Crippen LogP) is -1.58. The van der Waals surface area contributed by atoms with Gasteiger partial charge in [-0.3, -0.25) is 19.2 Å². The zero-order valence-electron chi connectivity index (χ0n) is 19.4. The summed E-state index contributed by atoms with van der Waals surface area (Å²) in [5, 5.41) is 35.1. The molecule has 4 unspecified atom stereocenters. The highest BCUT2D eigenvalue weighted by Crippen LogP contribution is 2.12. The van der Waals surface area contributed by atoms with E-state index in [0.29, 0.717) is 24.9 Å². The minimum Gasteiger partial charge on any atom is -0.508 e. The Kier molecular flexibility index (Phi) is 12.2. The van der Waals surface area contributed by atoms with Crippen molar-refractivity contribution in [1.29, 1.82) is 0 Å². The van der Waals surface area contributed by atoms with Crippen molar-refractivity contribution >= 4 is 29.7 Å². The lowest BCUT2D eigenvalue weighted by atomic mass is 10.0. The number of carbonyl (C=O) groups excluding carboxylic acids is 3. The van der Waals surface area contributed by atoms with Gasteiger partial charge in [-0.05, 0) is 50.4 Å². The van der Waals surface area contributed by atoms with Crippen LogP contribution in [0.2, 0.25) is 0 Å². The molecule has 4 atom stereocenters. The molecule has 1 rings (SSSR count). The molecule has 10 N–H and O–H groups in total. The average molecular weight is 496 g/mol. The summed E-state index contributed by atoms with van der Waals surface area (Å²) in [6.07, 6.45) is 0.203. The number of phenols is 1. The number of hydrogen-bond acceptors (Lipinski definition) is 8. The van der Waals surface area contributed by atoms with Gasteiger partial charge in [-0.2, -0.15) is 0 Å². The molecule has 3 amide bonds. The van der Waals surface area contributed by atoms with Crippen LogP contribution in [0.3, 0.4) is 0 Å². The van der Waals surface area contributed by atoms with Crippen LogP contribution < -0.4 is 27.4 Å². The third-order valence-corrected chi connectivity index (χ3v) is 5.00. The molecule has 13 nitrogen and oxygen atoms in total. The van der Waals surface area contributed by atoms with Crippen molar-refractivity contribution in [3.8, 4) is 5.75 Å². The van der Waals surface area contributed by atoms with E-state index in [1.54, 1.807) is 0 Å². The summed E-state index contributed by atoms with van der Waals surface area (Å²) >= 11 is 0. The standard InChI is InChI=1S/C22H33N5O8/c1-12(24)19(31)26-16(11-18(29)30)21(33)25-15(4-2-3-9-23)20(32)27-17(22(34)35)10-13-5-7-14(28)8-6-13/h5-8,12,15-17,28H,2-4,9-11,23-24H2,1H3,(H,25,33)(H,26,31)(H,27,32)(H,29,30)(H,34,35). The highest BCUT2D eigenvalue weighted by molar-refractivity contribution is 5.95. The summed E-state index contributed by atoms with van der Waals surface area (Å²) in [6, 6.07) is 0.732. The van der Waals surface area contributed by atoms with Gasteiger partial charge in [0.15, 0.2) is 0 Å². The van der Waals surface area contributed by atoms with Gasteiger partial charge >= 0.3 is 11.9 Å². The molecule has 0 saturated carbocycles. The quantitative estimate of drug-likeness (QED) is 0.130. The number of carboxylic acids is 2. The fourth-order valence-corrected chi connectivity index (χ4v) is 3.06. The fraction of sp³-hybridized carbons (Fsp3) is 0.500. The summed E-state index contributed by atoms with van der Waals surface area (Å²) in [7, 11) is 0. The molecule has 194 valence electrons. The summed E-state index contributed by atoms with van der Waals surface area (Å²) in [5.74, 6) is -5.16. The number of aromatic hydroxyl groups is 1. The zero-order valence-corrected chi connectivity index (χ0v) is 19.4. The summed E-state index contributed by atoms with van der Waals surface area (Å²) in [4.78, 5) is 60.5. The highest BCUT2D eigenvalue weighted by atomic mass is 16.4. The summed E-state index contributed by atoms with van der Waals surface area (Å²) < 4.78 is 0. The predicted molar refractivity (Wildman–Crippen MR) is 124 cm³/mol. The van der Waals surface area contributed by atoms with E-state index in [1.807, 2.05) is 0 Å². The lowest BCUT2D eigenvalue weighted by molar-refractivity contribution is -0.143. The van der Waals surface area contributed by atoms with Gasteiger partial charge in [0.05, 0.1) is 12.5 Å². The van der Waals surface area contributed by atoms with Crippen LogP contribution in [0.5, 0.6) is 5.75 Å². The molecule has 0 bridgehead atoms. The lowest BCUT2D eigenvalue weighted by Crippen LogP contribution is -2.57. The number of phenolic OH excluding ortho intramolecular Hbond substituents is 1. The first-order chi connectivity index (χ1) is 16.4. The molecule has 13 heteroatoms. The number of carbonyl (C=O) groups is 5. The Balaban J connectivity index is 3.01. The van der Waals surface area contributed by atoms with Crippen molar-refractivity contribution in [3.05, 3.63) is 29.8 Å². The van der Waals surface area contributed by atoms with Crippen molar-refractivity contribution in [3.63, 3.8) is 0 Å². The Morgan fingerprint density at radius 3 is 1.91 bits per heavy atom. The van der Waals surface area contributed by atoms with Crippen molar-refractivity contribution in [1.82, 2.24) is 16.0 Å². The van der Waals surface area contributed by atoms with E-state index in [4.69, 9.17) is 16.6 Å². The zero-order chi connectivity index (χ0) is 26.5. The van der Waals surface area contributed by atoms with Crippen LogP contribution in [0.1, 0.15) is 38.2 Å². The molecule has 0 aliphatic rings. The van der Waals surface area contributed by atoms with Gasteiger partial charge in [-0.15, -0.1) is 0 Å². The van der Waals surface area contributed by atoms with Crippen molar-refractivity contribution in [2.45, 2.75) is 63.2 Å². The Morgan fingerprint density at radius 2 is 1.40 bits per heavy atom. The lowest BCUT2D eigenvalue weighted by Gasteiger charge is -2.24. The van der Waals surface area contributed by atoms with Gasteiger partial charge in [-0.25, -0.2) is 4.79 Å². The first-order valence-electron chi connectivity index (χ1n) is 11.0. The number of amides is 3. The van der Waals surface area contributed by atoms with E-state index in [9.17, 15) is 34.2 Å². The Labute approximate surface area is 202 Å². The first-order valence-corrected chi connectivity index (χ1v) is 11.0. The van der Waals surface area contributed by atoms with E-state index in [1.165, 1.54) is 31.2 Å². The van der Waals surface area contributed by atoms with Crippen LogP contribution in [-0.4, -0.2) is 75.7 Å². The molecular formula is C22H33N5O8. The number of unbranched alkanes of at least 4 members (excludes halogenated alkanes) is 1. The van der Waals surface area contributed by atoms with Crippen LogP contribution in [0.25, 0.3) is 0 Å². The second-order valence-corrected chi connectivity index (χ2v) is 8.06. The summed E-state index contributed by atoms with van der Waals surface area (Å²) in [6.45, 7) is 1.68. The maximum absolute atomic E-state index is 12.9. The SMILES string of the molecule is CC(N)C(=O)NC(CC(=O)O)C(=O)NC(CCCCN)C(=O)NC(Cc1ccc(O)cc1)C(=O)O. The maximum Gasteiger partial charge on any atom is 0.326 e. The number of rotatable bonds is 15. The van der Waals surface area contributed by atoms with Crippen LogP contribution in [0.15, 0.2) is 24.3 Å². The number of hydrogen-bond donors (Lipinski definition) is 8. The molecule has 0 aromatic heterocycles. The van der Waals surface area contributed by atoms with Gasteiger partial charge in [0.1, 0.15) is 23.9 Å². The van der Waals surface area contributed by atoms with Crippen LogP contribution in [0.4, 0.5) is 0 Å². The first kappa shape index (κ1) is 29.3. The number of nitrogens with two attached hydrogens (primary N) is 2. The third-order valence-electron chi connectivity index (χ3n) is 5.00. The van der Waals surface area contributed by atoms with E-state index < -0.39 is 60.2 Å². The molecule has 1 aromatic rings. The number of benzene rings is 1. The Morgan fingerprint density at radius 1 is 0.857 bits per heavy atom. The smallest absolute Gasteiger partial charge is 0.326 e. The Bertz CT molecular complexity index is 890. The molecule has 0 radical (unpaired) electrons. The summed E-state index contributed by atoms with van der Waals surface area (Å²) in [5.41, 5.74) is 11.5. The molecule has 1 aromatic carbocycles. The fourth-order valence-electron chi connectivity index (χ4n) is 3.06. The molecular weight excluding hydrogens is 462 g/mol. The molecule has 0 aliphatic heterocycles. The molecule has 0 aliphatic carbocycles. The van der Waals surface area contributed by atoms with E-state index in [2.05, 4.69) is 16.0 Å². The number of nitrogens with one attached hydrogen (secondary N) is 3. The van der Waals surface area contributed by atoms with E-state index >= 15 is 0 Å². The van der Waals surface area contributed by atoms with Crippen molar-refractivity contribution in [2.24, 2.45) is 11.5 Å². The average Bonchev–Trinajstić information content (AvgIpc) is 2.78. The minimum atomic E-state index is -1.50. The van der Waals surface area contributed by atoms with Gasteiger partial charge in [0, 0.05) is 6.42 Å². The normalized spacial score (nSPS) is 14.1. The molecule has 0 heterocycles. The van der Waals surface area contributed by atoms with Crippen molar-refractivity contribution in [2.75, 3.05) is 6.54 Å². The third kappa shape index (κ3) is 10.8. The monoisotopic (exact) mass is 495 g/mol. The molecule has 0 saturated heterocycles. The van der Waals surface area contributed by atoms with Gasteiger partial charge in [0.2, 0.25) is 17.7 Å². The Hall–Kier alpha value is -3.71. The minimum absolute atomic E-state index is 0.000578. The van der Waals surface area contributed by atoms with Crippen molar-refractivity contribution < 1.29 is 39.3 Å². The van der Waals surface area contributed by atoms with Gasteiger partial charge in [-0.1, -0.05) is 12.1 Å². The number of carboxylic acid groups (broad SMARTS) is 2. The van der Waals surface area contributed by atoms with Crippen LogP contribution >= 0.6 is 0 Å². The maximum atomic E-state index is 12.9. The van der Waals surface area contributed by atoms with Crippen LogP contribution in [0, 0.1) is 0 Å². The molecule has 35 heavy (non-hydrogen) atoms. The number of aliphatic carboxylic acids is 2. The van der Waals surface area contributed by atoms with E-state index in [0.717, 1.165) is 0 Å². The topological polar surface area (TPSA) is 234 Å². The van der Waals surface area contributed by atoms with Gasteiger partial charge < -0.3 is 42.7 Å². The van der Waals surface area contributed by atoms with Crippen LogP contribution in [-0.2, 0) is 30.4 Å². The van der Waals surface area contributed by atoms with Gasteiger partial charge in [0.25, 0.3) is 0 Å². The second kappa shape index (κ2) is 14.5. The largest absolute Gasteiger partial charge is 0.508 e. The molecule has 0 fully saturated rings. The second-order valence-electron chi connectivity index (χ2n) is 8.06.